The van der Waals surface area contributed by atoms with E-state index in [0.717, 1.165) is 5.56 Å². The topological polar surface area (TPSA) is 151 Å². The third-order valence-corrected chi connectivity index (χ3v) is 5.28. The van der Waals surface area contributed by atoms with Crippen LogP contribution in [0.15, 0.2) is 30.3 Å². The minimum absolute atomic E-state index is 0.0519. The number of benzene rings is 1. The molecule has 5 unspecified atom stereocenters. The van der Waals surface area contributed by atoms with E-state index < -0.39 is 47.9 Å². The van der Waals surface area contributed by atoms with Crippen LogP contribution in [0.25, 0.3) is 0 Å². The summed E-state index contributed by atoms with van der Waals surface area (Å²) in [6.45, 7) is 5.16. The predicted molar refractivity (Wildman–Crippen MR) is 121 cm³/mol. The van der Waals surface area contributed by atoms with E-state index in [2.05, 4.69) is 28.6 Å². The second-order valence-electron chi connectivity index (χ2n) is 7.49. The molecule has 6 N–H and O–H groups in total. The van der Waals surface area contributed by atoms with Crippen LogP contribution in [0.2, 0.25) is 0 Å². The maximum absolute atomic E-state index is 12.8. The monoisotopic (exact) mass is 452 g/mol. The van der Waals surface area contributed by atoms with Gasteiger partial charge in [-0.15, -0.1) is 0 Å². The average Bonchev–Trinajstić information content (AvgIpc) is 2.74. The van der Waals surface area contributed by atoms with Crippen molar-refractivity contribution < 1.29 is 24.3 Å². The quantitative estimate of drug-likeness (QED) is 0.247. The summed E-state index contributed by atoms with van der Waals surface area (Å²) in [7, 11) is 0. The number of carbonyl (C=O) groups excluding carboxylic acids is 3. The van der Waals surface area contributed by atoms with Gasteiger partial charge in [0, 0.05) is 12.2 Å². The van der Waals surface area contributed by atoms with E-state index in [-0.39, 0.29) is 18.1 Å². The van der Waals surface area contributed by atoms with Crippen molar-refractivity contribution >= 4 is 36.3 Å². The molecule has 1 aromatic carbocycles. The first-order chi connectivity index (χ1) is 14.6. The maximum atomic E-state index is 12.8. The molecular weight excluding hydrogens is 420 g/mol. The van der Waals surface area contributed by atoms with E-state index in [4.69, 9.17) is 5.73 Å². The number of carboxylic acids is 1. The van der Waals surface area contributed by atoms with E-state index in [1.165, 1.54) is 6.92 Å². The van der Waals surface area contributed by atoms with Crippen LogP contribution in [0, 0.1) is 5.92 Å². The molecule has 9 nitrogen and oxygen atoms in total. The summed E-state index contributed by atoms with van der Waals surface area (Å²) in [6.07, 6.45) is 0.697. The summed E-state index contributed by atoms with van der Waals surface area (Å²) in [6, 6.07) is 4.95. The van der Waals surface area contributed by atoms with Gasteiger partial charge in [-0.25, -0.2) is 4.79 Å². The minimum atomic E-state index is -1.19. The summed E-state index contributed by atoms with van der Waals surface area (Å²) in [4.78, 5) is 49.1. The Kier molecular flexibility index (Phi) is 11.1. The largest absolute Gasteiger partial charge is 0.480 e. The Morgan fingerprint density at radius 1 is 0.968 bits per heavy atom. The van der Waals surface area contributed by atoms with Gasteiger partial charge in [0.05, 0.1) is 6.04 Å². The summed E-state index contributed by atoms with van der Waals surface area (Å²) in [5.41, 5.74) is 6.32. The van der Waals surface area contributed by atoms with Gasteiger partial charge >= 0.3 is 5.97 Å². The Labute approximate surface area is 187 Å². The van der Waals surface area contributed by atoms with E-state index in [1.54, 1.807) is 31.2 Å². The van der Waals surface area contributed by atoms with Gasteiger partial charge in [0.2, 0.25) is 17.7 Å². The normalized spacial score (nSPS) is 15.6. The van der Waals surface area contributed by atoms with Crippen molar-refractivity contribution in [2.24, 2.45) is 11.7 Å². The number of carboxylic acid groups (broad SMARTS) is 1. The lowest BCUT2D eigenvalue weighted by atomic mass is 9.97. The molecule has 3 amide bonds. The van der Waals surface area contributed by atoms with Crippen LogP contribution in [-0.2, 0) is 25.6 Å². The number of hydrogen-bond acceptors (Lipinski definition) is 6. The molecule has 172 valence electrons. The van der Waals surface area contributed by atoms with Crippen LogP contribution in [0.1, 0.15) is 32.8 Å². The zero-order valence-corrected chi connectivity index (χ0v) is 18.9. The predicted octanol–water partition coefficient (Wildman–Crippen LogP) is 0.0912. The van der Waals surface area contributed by atoms with Gasteiger partial charge in [0.1, 0.15) is 18.1 Å². The van der Waals surface area contributed by atoms with E-state index in [1.807, 2.05) is 13.0 Å². The highest BCUT2D eigenvalue weighted by atomic mass is 32.1. The highest BCUT2D eigenvalue weighted by molar-refractivity contribution is 7.80. The smallest absolute Gasteiger partial charge is 0.326 e. The molecular formula is C21H32N4O5S. The molecule has 0 heterocycles. The standard InChI is InChI=1S/C21H32N4O5S/c1-4-12(2)17(25-18(26)13(3)22)20(28)24-16(11-31)19(27)23-15(21(29)30)10-14-8-6-5-7-9-14/h5-9,12-13,15-17,31H,4,10-11,22H2,1-3H3,(H,23,27)(H,24,28)(H,25,26)(H,29,30). The van der Waals surface area contributed by atoms with Crippen LogP contribution >= 0.6 is 12.6 Å². The minimum Gasteiger partial charge on any atom is -0.480 e. The number of hydrogen-bond donors (Lipinski definition) is 6. The fourth-order valence-corrected chi connectivity index (χ4v) is 3.02. The summed E-state index contributed by atoms with van der Waals surface area (Å²) in [5.74, 6) is -3.18. The third kappa shape index (κ3) is 8.58. The lowest BCUT2D eigenvalue weighted by molar-refractivity contribution is -0.142. The van der Waals surface area contributed by atoms with Crippen molar-refractivity contribution in [2.75, 3.05) is 5.75 Å². The molecule has 0 spiro atoms. The second kappa shape index (κ2) is 13.0. The molecule has 0 bridgehead atoms. The summed E-state index contributed by atoms with van der Waals surface area (Å²) >= 11 is 4.12. The van der Waals surface area contributed by atoms with Crippen molar-refractivity contribution in [1.29, 1.82) is 0 Å². The zero-order chi connectivity index (χ0) is 23.6. The van der Waals surface area contributed by atoms with Crippen LogP contribution in [-0.4, -0.2) is 58.7 Å². The molecule has 1 aromatic rings. The van der Waals surface area contributed by atoms with Crippen LogP contribution in [0.4, 0.5) is 0 Å². The summed E-state index contributed by atoms with van der Waals surface area (Å²) < 4.78 is 0. The number of nitrogens with one attached hydrogen (secondary N) is 3. The molecule has 10 heteroatoms. The fourth-order valence-electron chi connectivity index (χ4n) is 2.76. The van der Waals surface area contributed by atoms with Crippen molar-refractivity contribution in [1.82, 2.24) is 16.0 Å². The number of rotatable bonds is 12. The van der Waals surface area contributed by atoms with E-state index in [0.29, 0.717) is 6.42 Å². The van der Waals surface area contributed by atoms with Crippen LogP contribution in [0.3, 0.4) is 0 Å². The molecule has 0 aliphatic rings. The lowest BCUT2D eigenvalue weighted by Crippen LogP contribution is -2.59. The Balaban J connectivity index is 2.87. The first kappa shape index (κ1) is 26.4. The van der Waals surface area contributed by atoms with Gasteiger partial charge in [-0.2, -0.15) is 12.6 Å². The molecule has 0 aliphatic carbocycles. The zero-order valence-electron chi connectivity index (χ0n) is 18.0. The third-order valence-electron chi connectivity index (χ3n) is 4.92. The summed E-state index contributed by atoms with van der Waals surface area (Å²) in [5, 5.41) is 17.1. The molecule has 1 rings (SSSR count). The number of amides is 3. The van der Waals surface area contributed by atoms with Gasteiger partial charge in [0.25, 0.3) is 0 Å². The Bertz CT molecular complexity index is 759. The molecule has 0 aliphatic heterocycles. The first-order valence-corrected chi connectivity index (χ1v) is 10.8. The van der Waals surface area contributed by atoms with Crippen molar-refractivity contribution in [2.45, 2.75) is 57.8 Å². The maximum Gasteiger partial charge on any atom is 0.326 e. The molecule has 5 atom stereocenters. The van der Waals surface area contributed by atoms with E-state index in [9.17, 15) is 24.3 Å². The molecule has 0 saturated carbocycles. The number of carbonyl (C=O) groups is 4. The van der Waals surface area contributed by atoms with Gasteiger partial charge in [0.15, 0.2) is 0 Å². The Hall–Kier alpha value is -2.59. The Morgan fingerprint density at radius 3 is 2.03 bits per heavy atom. The SMILES string of the molecule is CCC(C)C(NC(=O)C(C)N)C(=O)NC(CS)C(=O)NC(Cc1ccccc1)C(=O)O. The second-order valence-corrected chi connectivity index (χ2v) is 7.86. The molecule has 31 heavy (non-hydrogen) atoms. The number of aliphatic carboxylic acids is 1. The van der Waals surface area contributed by atoms with Crippen molar-refractivity contribution in [3.63, 3.8) is 0 Å². The van der Waals surface area contributed by atoms with Gasteiger partial charge in [-0.05, 0) is 18.4 Å². The van der Waals surface area contributed by atoms with Gasteiger partial charge in [-0.3, -0.25) is 14.4 Å². The van der Waals surface area contributed by atoms with Crippen LogP contribution in [0.5, 0.6) is 0 Å². The average molecular weight is 453 g/mol. The van der Waals surface area contributed by atoms with Gasteiger partial charge < -0.3 is 26.8 Å². The van der Waals surface area contributed by atoms with Crippen molar-refractivity contribution in [3.8, 4) is 0 Å². The number of nitrogens with two attached hydrogens (primary N) is 1. The van der Waals surface area contributed by atoms with Crippen LogP contribution < -0.4 is 21.7 Å². The van der Waals surface area contributed by atoms with E-state index >= 15 is 0 Å². The Morgan fingerprint density at radius 2 is 1.55 bits per heavy atom. The highest BCUT2D eigenvalue weighted by Crippen LogP contribution is 2.09. The molecule has 0 fully saturated rings. The van der Waals surface area contributed by atoms with Crippen molar-refractivity contribution in [3.05, 3.63) is 35.9 Å². The van der Waals surface area contributed by atoms with Gasteiger partial charge in [-0.1, -0.05) is 50.6 Å². The molecule has 0 radical (unpaired) electrons. The highest BCUT2D eigenvalue weighted by Gasteiger charge is 2.31. The number of thiol groups is 1. The lowest BCUT2D eigenvalue weighted by Gasteiger charge is -2.27. The molecule has 0 saturated heterocycles. The fraction of sp³-hybridized carbons (Fsp3) is 0.524. The first-order valence-electron chi connectivity index (χ1n) is 10.1. The molecule has 0 aromatic heterocycles.